The Balaban J connectivity index is 2.08. The summed E-state index contributed by atoms with van der Waals surface area (Å²) >= 11 is 3.46. The van der Waals surface area contributed by atoms with Crippen molar-refractivity contribution in [3.63, 3.8) is 0 Å². The van der Waals surface area contributed by atoms with Crippen molar-refractivity contribution < 1.29 is 9.84 Å². The van der Waals surface area contributed by atoms with Crippen LogP contribution in [0, 0.1) is 0 Å². The Morgan fingerprint density at radius 1 is 1.16 bits per heavy atom. The molecule has 0 aliphatic heterocycles. The quantitative estimate of drug-likeness (QED) is 0.886. The molecule has 2 rings (SSSR count). The zero-order valence-electron chi connectivity index (χ0n) is 10.7. The zero-order chi connectivity index (χ0) is 13.7. The van der Waals surface area contributed by atoms with E-state index in [0.29, 0.717) is 6.61 Å². The molecule has 0 radical (unpaired) electrons. The molecule has 0 saturated heterocycles. The molecule has 0 heterocycles. The third-order valence-electron chi connectivity index (χ3n) is 2.72. The van der Waals surface area contributed by atoms with E-state index in [1.54, 1.807) is 12.1 Å². The highest BCUT2D eigenvalue weighted by molar-refractivity contribution is 9.10. The van der Waals surface area contributed by atoms with Crippen LogP contribution < -0.4 is 10.1 Å². The molecule has 19 heavy (non-hydrogen) atoms. The summed E-state index contributed by atoms with van der Waals surface area (Å²) in [6.07, 6.45) is 0. The standard InChI is InChI=1S/C15H16BrNO2/c1-17-9-12-8-13(16)4-7-15(12)19-10-11-2-5-14(18)6-3-11/h2-8,17-18H,9-10H2,1H3. The third kappa shape index (κ3) is 3.98. The highest BCUT2D eigenvalue weighted by Gasteiger charge is 2.04. The van der Waals surface area contributed by atoms with E-state index >= 15 is 0 Å². The lowest BCUT2D eigenvalue weighted by Gasteiger charge is -2.12. The molecule has 0 atom stereocenters. The number of hydrogen-bond donors (Lipinski definition) is 2. The van der Waals surface area contributed by atoms with E-state index < -0.39 is 0 Å². The Morgan fingerprint density at radius 2 is 1.89 bits per heavy atom. The van der Waals surface area contributed by atoms with Crippen molar-refractivity contribution in [2.24, 2.45) is 0 Å². The summed E-state index contributed by atoms with van der Waals surface area (Å²) in [7, 11) is 1.91. The van der Waals surface area contributed by atoms with Crippen LogP contribution in [0.15, 0.2) is 46.9 Å². The Bertz CT molecular complexity index is 540. The second-order valence-corrected chi connectivity index (χ2v) is 5.15. The van der Waals surface area contributed by atoms with Crippen LogP contribution in [0.4, 0.5) is 0 Å². The first-order valence-corrected chi connectivity index (χ1v) is 6.82. The molecule has 0 aliphatic rings. The number of phenolic OH excluding ortho intramolecular Hbond substituents is 1. The zero-order valence-corrected chi connectivity index (χ0v) is 12.3. The fourth-order valence-electron chi connectivity index (χ4n) is 1.77. The number of benzene rings is 2. The number of halogens is 1. The molecule has 0 aliphatic carbocycles. The maximum absolute atomic E-state index is 9.23. The SMILES string of the molecule is CNCc1cc(Br)ccc1OCc1ccc(O)cc1. The lowest BCUT2D eigenvalue weighted by Crippen LogP contribution is -2.07. The van der Waals surface area contributed by atoms with Gasteiger partial charge in [-0.15, -0.1) is 0 Å². The summed E-state index contributed by atoms with van der Waals surface area (Å²) < 4.78 is 6.86. The molecule has 3 nitrogen and oxygen atoms in total. The first kappa shape index (κ1) is 13.9. The molecule has 4 heteroatoms. The number of hydrogen-bond acceptors (Lipinski definition) is 3. The lowest BCUT2D eigenvalue weighted by atomic mass is 10.2. The largest absolute Gasteiger partial charge is 0.508 e. The van der Waals surface area contributed by atoms with Gasteiger partial charge in [-0.2, -0.15) is 0 Å². The molecule has 0 amide bonds. The highest BCUT2D eigenvalue weighted by Crippen LogP contribution is 2.24. The molecule has 2 aromatic rings. The Hall–Kier alpha value is -1.52. The molecule has 0 aromatic heterocycles. The van der Waals surface area contributed by atoms with E-state index in [-0.39, 0.29) is 5.75 Å². The van der Waals surface area contributed by atoms with E-state index in [1.165, 1.54) is 0 Å². The van der Waals surface area contributed by atoms with Gasteiger partial charge in [0, 0.05) is 16.6 Å². The van der Waals surface area contributed by atoms with E-state index in [1.807, 2.05) is 37.4 Å². The van der Waals surface area contributed by atoms with E-state index in [2.05, 4.69) is 21.2 Å². The third-order valence-corrected chi connectivity index (χ3v) is 3.21. The van der Waals surface area contributed by atoms with Crippen LogP contribution in [0.2, 0.25) is 0 Å². The van der Waals surface area contributed by atoms with Crippen molar-refractivity contribution in [2.45, 2.75) is 13.2 Å². The first-order chi connectivity index (χ1) is 9.19. The van der Waals surface area contributed by atoms with Gasteiger partial charge in [-0.05, 0) is 42.9 Å². The van der Waals surface area contributed by atoms with Gasteiger partial charge in [0.05, 0.1) is 0 Å². The number of nitrogens with one attached hydrogen (secondary N) is 1. The molecule has 100 valence electrons. The molecule has 0 unspecified atom stereocenters. The van der Waals surface area contributed by atoms with Gasteiger partial charge >= 0.3 is 0 Å². The predicted octanol–water partition coefficient (Wildman–Crippen LogP) is 3.45. The average molecular weight is 322 g/mol. The summed E-state index contributed by atoms with van der Waals surface area (Å²) in [6.45, 7) is 1.24. The number of aromatic hydroxyl groups is 1. The summed E-state index contributed by atoms with van der Waals surface area (Å²) in [5, 5.41) is 12.4. The number of ether oxygens (including phenoxy) is 1. The van der Waals surface area contributed by atoms with E-state index in [0.717, 1.165) is 27.9 Å². The highest BCUT2D eigenvalue weighted by atomic mass is 79.9. The van der Waals surface area contributed by atoms with Gasteiger partial charge in [0.1, 0.15) is 18.1 Å². The molecular formula is C15H16BrNO2. The second kappa shape index (κ2) is 6.59. The Kier molecular flexibility index (Phi) is 4.82. The van der Waals surface area contributed by atoms with Gasteiger partial charge in [-0.1, -0.05) is 28.1 Å². The van der Waals surface area contributed by atoms with Gasteiger partial charge in [0.2, 0.25) is 0 Å². The van der Waals surface area contributed by atoms with Crippen LogP contribution in [0.5, 0.6) is 11.5 Å². The van der Waals surface area contributed by atoms with Gasteiger partial charge in [-0.3, -0.25) is 0 Å². The normalized spacial score (nSPS) is 10.4. The molecule has 0 bridgehead atoms. The molecule has 2 aromatic carbocycles. The summed E-state index contributed by atoms with van der Waals surface area (Å²) in [6, 6.07) is 13.0. The van der Waals surface area contributed by atoms with E-state index in [9.17, 15) is 5.11 Å². The maximum Gasteiger partial charge on any atom is 0.124 e. The molecule has 0 fully saturated rings. The smallest absolute Gasteiger partial charge is 0.124 e. The first-order valence-electron chi connectivity index (χ1n) is 6.03. The van der Waals surface area contributed by atoms with Crippen LogP contribution in [0.25, 0.3) is 0 Å². The summed E-state index contributed by atoms with van der Waals surface area (Å²) in [4.78, 5) is 0. The molecule has 0 saturated carbocycles. The maximum atomic E-state index is 9.23. The summed E-state index contributed by atoms with van der Waals surface area (Å²) in [5.41, 5.74) is 2.13. The molecular weight excluding hydrogens is 306 g/mol. The second-order valence-electron chi connectivity index (χ2n) is 4.24. The minimum absolute atomic E-state index is 0.267. The van der Waals surface area contributed by atoms with Crippen LogP contribution in [0.3, 0.4) is 0 Å². The fourth-order valence-corrected chi connectivity index (χ4v) is 2.18. The number of phenols is 1. The van der Waals surface area contributed by atoms with Crippen molar-refractivity contribution >= 4 is 15.9 Å². The molecule has 2 N–H and O–H groups in total. The topological polar surface area (TPSA) is 41.5 Å². The molecule has 0 spiro atoms. The predicted molar refractivity (Wildman–Crippen MR) is 79.3 cm³/mol. The lowest BCUT2D eigenvalue weighted by molar-refractivity contribution is 0.302. The minimum atomic E-state index is 0.267. The van der Waals surface area contributed by atoms with Gasteiger partial charge in [0.15, 0.2) is 0 Å². The van der Waals surface area contributed by atoms with Crippen molar-refractivity contribution in [1.29, 1.82) is 0 Å². The monoisotopic (exact) mass is 321 g/mol. The minimum Gasteiger partial charge on any atom is -0.508 e. The summed E-state index contributed by atoms with van der Waals surface area (Å²) in [5.74, 6) is 1.13. The Labute approximate surface area is 121 Å². The van der Waals surface area contributed by atoms with Crippen LogP contribution in [-0.4, -0.2) is 12.2 Å². The van der Waals surface area contributed by atoms with E-state index in [4.69, 9.17) is 4.74 Å². The average Bonchev–Trinajstić information content (AvgIpc) is 2.40. The number of rotatable bonds is 5. The Morgan fingerprint density at radius 3 is 2.58 bits per heavy atom. The van der Waals surface area contributed by atoms with Crippen LogP contribution >= 0.6 is 15.9 Å². The van der Waals surface area contributed by atoms with Crippen molar-refractivity contribution in [3.8, 4) is 11.5 Å². The van der Waals surface area contributed by atoms with Gasteiger partial charge in [-0.25, -0.2) is 0 Å². The fraction of sp³-hybridized carbons (Fsp3) is 0.200. The van der Waals surface area contributed by atoms with Gasteiger partial charge in [0.25, 0.3) is 0 Å². The van der Waals surface area contributed by atoms with Crippen molar-refractivity contribution in [2.75, 3.05) is 7.05 Å². The van der Waals surface area contributed by atoms with Crippen LogP contribution in [-0.2, 0) is 13.2 Å². The van der Waals surface area contributed by atoms with Crippen molar-refractivity contribution in [3.05, 3.63) is 58.1 Å². The van der Waals surface area contributed by atoms with Crippen molar-refractivity contribution in [1.82, 2.24) is 5.32 Å². The van der Waals surface area contributed by atoms with Gasteiger partial charge < -0.3 is 15.2 Å². The van der Waals surface area contributed by atoms with Crippen LogP contribution in [0.1, 0.15) is 11.1 Å².